The minimum atomic E-state index is -3.15. The van der Waals surface area contributed by atoms with Gasteiger partial charge in [-0.25, -0.2) is 13.1 Å². The monoisotopic (exact) mass is 227 g/mol. The van der Waals surface area contributed by atoms with Gasteiger partial charge >= 0.3 is 0 Å². The molecule has 0 spiro atoms. The van der Waals surface area contributed by atoms with E-state index in [0.717, 1.165) is 16.7 Å². The maximum atomic E-state index is 11.1. The zero-order chi connectivity index (χ0) is 11.6. The first kappa shape index (κ1) is 12.2. The minimum absolute atomic E-state index is 0.182. The van der Waals surface area contributed by atoms with E-state index in [0.29, 0.717) is 0 Å². The van der Waals surface area contributed by atoms with Gasteiger partial charge in [0.2, 0.25) is 10.0 Å². The Balaban J connectivity index is 2.96. The number of aryl methyl sites for hydroxylation is 2. The Morgan fingerprint density at radius 3 is 2.00 bits per heavy atom. The molecule has 0 aromatic heterocycles. The number of benzene rings is 1. The largest absolute Gasteiger partial charge is 0.213 e. The first-order valence-corrected chi connectivity index (χ1v) is 6.72. The lowest BCUT2D eigenvalue weighted by Crippen LogP contribution is -2.25. The third-order valence-electron chi connectivity index (χ3n) is 2.13. The van der Waals surface area contributed by atoms with Crippen molar-refractivity contribution in [3.8, 4) is 0 Å². The van der Waals surface area contributed by atoms with Gasteiger partial charge in [-0.15, -0.1) is 0 Å². The second kappa shape index (κ2) is 4.33. The molecule has 3 nitrogen and oxygen atoms in total. The molecule has 0 radical (unpaired) electrons. The van der Waals surface area contributed by atoms with Crippen LogP contribution >= 0.6 is 0 Å². The number of rotatable bonds is 3. The van der Waals surface area contributed by atoms with Gasteiger partial charge in [-0.2, -0.15) is 0 Å². The van der Waals surface area contributed by atoms with Gasteiger partial charge in [0.15, 0.2) is 0 Å². The fourth-order valence-corrected chi connectivity index (χ4v) is 2.43. The second-order valence-corrected chi connectivity index (χ2v) is 5.81. The maximum Gasteiger partial charge on any atom is 0.209 e. The first-order valence-electron chi connectivity index (χ1n) is 4.83. The third-order valence-corrected chi connectivity index (χ3v) is 2.92. The van der Waals surface area contributed by atoms with Crippen molar-refractivity contribution < 1.29 is 8.42 Å². The standard InChI is InChI=1S/C11H17NO2S/c1-8-5-9(2)7-11(6-8)10(3)12-15(4,13)14/h5-7,10,12H,1-4H3. The SMILES string of the molecule is Cc1cc(C)cc(C(C)NS(C)(=O)=O)c1. The predicted molar refractivity (Wildman–Crippen MR) is 62.3 cm³/mol. The molecule has 0 bridgehead atoms. The quantitative estimate of drug-likeness (QED) is 0.857. The molecule has 84 valence electrons. The summed E-state index contributed by atoms with van der Waals surface area (Å²) in [4.78, 5) is 0. The molecule has 1 aromatic rings. The zero-order valence-electron chi connectivity index (χ0n) is 9.53. The molecule has 0 fully saturated rings. The van der Waals surface area contributed by atoms with Crippen molar-refractivity contribution in [2.75, 3.05) is 6.26 Å². The van der Waals surface area contributed by atoms with Crippen LogP contribution in [-0.4, -0.2) is 14.7 Å². The van der Waals surface area contributed by atoms with Crippen LogP contribution in [0.25, 0.3) is 0 Å². The Morgan fingerprint density at radius 2 is 1.60 bits per heavy atom. The van der Waals surface area contributed by atoms with Crippen molar-refractivity contribution in [2.24, 2.45) is 0 Å². The first-order chi connectivity index (χ1) is 6.78. The average Bonchev–Trinajstić information content (AvgIpc) is 1.98. The number of sulfonamides is 1. The molecule has 1 aromatic carbocycles. The van der Waals surface area contributed by atoms with Gasteiger partial charge < -0.3 is 0 Å². The highest BCUT2D eigenvalue weighted by molar-refractivity contribution is 7.88. The molecular weight excluding hydrogens is 210 g/mol. The van der Waals surface area contributed by atoms with Gasteiger partial charge in [-0.1, -0.05) is 29.3 Å². The van der Waals surface area contributed by atoms with E-state index in [-0.39, 0.29) is 6.04 Å². The summed E-state index contributed by atoms with van der Waals surface area (Å²) in [5.41, 5.74) is 3.29. The van der Waals surface area contributed by atoms with Gasteiger partial charge in [0.1, 0.15) is 0 Å². The van der Waals surface area contributed by atoms with E-state index in [1.165, 1.54) is 6.26 Å². The summed E-state index contributed by atoms with van der Waals surface area (Å²) in [6.07, 6.45) is 1.17. The highest BCUT2D eigenvalue weighted by atomic mass is 32.2. The van der Waals surface area contributed by atoms with E-state index >= 15 is 0 Å². The molecule has 0 aliphatic rings. The summed E-state index contributed by atoms with van der Waals surface area (Å²) in [7, 11) is -3.15. The van der Waals surface area contributed by atoms with Gasteiger partial charge in [-0.3, -0.25) is 0 Å². The van der Waals surface area contributed by atoms with Crippen LogP contribution in [0.2, 0.25) is 0 Å². The Hall–Kier alpha value is -0.870. The van der Waals surface area contributed by atoms with Crippen molar-refractivity contribution in [1.29, 1.82) is 0 Å². The summed E-state index contributed by atoms with van der Waals surface area (Å²) in [5.74, 6) is 0. The fourth-order valence-electron chi connectivity index (χ4n) is 1.65. The molecular formula is C11H17NO2S. The average molecular weight is 227 g/mol. The van der Waals surface area contributed by atoms with Crippen LogP contribution in [0.1, 0.15) is 29.7 Å². The highest BCUT2D eigenvalue weighted by Crippen LogP contribution is 2.16. The fraction of sp³-hybridized carbons (Fsp3) is 0.455. The van der Waals surface area contributed by atoms with Crippen LogP contribution in [0.15, 0.2) is 18.2 Å². The molecule has 0 amide bonds. The molecule has 0 heterocycles. The van der Waals surface area contributed by atoms with E-state index in [1.54, 1.807) is 0 Å². The van der Waals surface area contributed by atoms with Crippen LogP contribution in [0, 0.1) is 13.8 Å². The van der Waals surface area contributed by atoms with E-state index < -0.39 is 10.0 Å². The van der Waals surface area contributed by atoms with Crippen LogP contribution in [0.5, 0.6) is 0 Å². The summed E-state index contributed by atoms with van der Waals surface area (Å²) >= 11 is 0. The Morgan fingerprint density at radius 1 is 1.13 bits per heavy atom. The highest BCUT2D eigenvalue weighted by Gasteiger charge is 2.11. The van der Waals surface area contributed by atoms with Crippen LogP contribution in [-0.2, 0) is 10.0 Å². The van der Waals surface area contributed by atoms with E-state index in [4.69, 9.17) is 0 Å². The van der Waals surface area contributed by atoms with Crippen LogP contribution in [0.3, 0.4) is 0 Å². The lowest BCUT2D eigenvalue weighted by atomic mass is 10.0. The van der Waals surface area contributed by atoms with E-state index in [9.17, 15) is 8.42 Å². The predicted octanol–water partition coefficient (Wildman–Crippen LogP) is 1.91. The van der Waals surface area contributed by atoms with Crippen LogP contribution < -0.4 is 4.72 Å². The van der Waals surface area contributed by atoms with Gasteiger partial charge in [0.25, 0.3) is 0 Å². The lowest BCUT2D eigenvalue weighted by Gasteiger charge is -2.14. The Bertz CT molecular complexity index is 431. The summed E-state index contributed by atoms with van der Waals surface area (Å²) in [6, 6.07) is 5.88. The van der Waals surface area contributed by atoms with Gasteiger partial charge in [-0.05, 0) is 26.3 Å². The summed E-state index contributed by atoms with van der Waals surface area (Å²) in [5, 5.41) is 0. The topological polar surface area (TPSA) is 46.2 Å². The Kier molecular flexibility index (Phi) is 3.52. The molecule has 0 saturated heterocycles. The Labute approximate surface area is 91.6 Å². The van der Waals surface area contributed by atoms with Gasteiger partial charge in [0.05, 0.1) is 6.26 Å². The molecule has 0 aliphatic carbocycles. The molecule has 15 heavy (non-hydrogen) atoms. The number of nitrogens with one attached hydrogen (secondary N) is 1. The molecule has 1 rings (SSSR count). The third kappa shape index (κ3) is 4.01. The molecule has 1 atom stereocenters. The van der Waals surface area contributed by atoms with Crippen molar-refractivity contribution in [2.45, 2.75) is 26.8 Å². The molecule has 1 N–H and O–H groups in total. The van der Waals surface area contributed by atoms with Crippen molar-refractivity contribution in [1.82, 2.24) is 4.72 Å². The van der Waals surface area contributed by atoms with E-state index in [1.807, 2.05) is 32.9 Å². The number of hydrogen-bond donors (Lipinski definition) is 1. The smallest absolute Gasteiger partial charge is 0.209 e. The second-order valence-electron chi connectivity index (χ2n) is 4.03. The normalized spacial score (nSPS) is 13.9. The lowest BCUT2D eigenvalue weighted by molar-refractivity contribution is 0.573. The van der Waals surface area contributed by atoms with E-state index in [2.05, 4.69) is 10.8 Å². The summed E-state index contributed by atoms with van der Waals surface area (Å²) < 4.78 is 24.7. The van der Waals surface area contributed by atoms with Crippen molar-refractivity contribution in [3.05, 3.63) is 34.9 Å². The van der Waals surface area contributed by atoms with Crippen molar-refractivity contribution in [3.63, 3.8) is 0 Å². The zero-order valence-corrected chi connectivity index (χ0v) is 10.4. The van der Waals surface area contributed by atoms with Crippen LogP contribution in [0.4, 0.5) is 0 Å². The molecule has 4 heteroatoms. The maximum absolute atomic E-state index is 11.1. The molecule has 1 unspecified atom stereocenters. The summed E-state index contributed by atoms with van der Waals surface area (Å²) in [6.45, 7) is 5.85. The van der Waals surface area contributed by atoms with Crippen molar-refractivity contribution >= 4 is 10.0 Å². The van der Waals surface area contributed by atoms with Gasteiger partial charge in [0, 0.05) is 6.04 Å². The minimum Gasteiger partial charge on any atom is -0.213 e. The molecule has 0 saturated carbocycles. The molecule has 0 aliphatic heterocycles. The number of hydrogen-bond acceptors (Lipinski definition) is 2.